The van der Waals surface area contributed by atoms with Gasteiger partial charge in [0.05, 0.1) is 17.6 Å². The maximum Gasteiger partial charge on any atom is 0.227 e. The summed E-state index contributed by atoms with van der Waals surface area (Å²) in [4.78, 5) is 6.72. The largest absolute Gasteiger partial charge is 0.396 e. The number of hydrogen-bond acceptors (Lipinski definition) is 5. The summed E-state index contributed by atoms with van der Waals surface area (Å²) in [5.74, 6) is 0.0818. The Hall–Kier alpha value is -0.920. The van der Waals surface area contributed by atoms with Gasteiger partial charge in [0.1, 0.15) is 0 Å². The number of sulfone groups is 1. The highest BCUT2D eigenvalue weighted by molar-refractivity contribution is 7.91. The summed E-state index contributed by atoms with van der Waals surface area (Å²) in [6.45, 7) is 6.49. The lowest BCUT2D eigenvalue weighted by Gasteiger charge is -2.36. The Morgan fingerprint density at radius 1 is 1.28 bits per heavy atom. The van der Waals surface area contributed by atoms with Gasteiger partial charge in [0, 0.05) is 25.7 Å². The fourth-order valence-electron chi connectivity index (χ4n) is 3.58. The second-order valence-electron chi connectivity index (χ2n) is 6.93. The number of aliphatic hydroxyl groups is 1. The van der Waals surface area contributed by atoms with E-state index in [9.17, 15) is 8.42 Å². The molecular weight excluding hydrogens is 338 g/mol. The molecular formula is C18H33N3O3S. The Bertz CT molecular complexity index is 628. The minimum absolute atomic E-state index is 0.0818. The second kappa shape index (κ2) is 9.69. The van der Waals surface area contributed by atoms with Crippen LogP contribution < -0.4 is 0 Å². The lowest BCUT2D eigenvalue weighted by molar-refractivity contribution is 0.120. The van der Waals surface area contributed by atoms with E-state index in [1.807, 2.05) is 4.57 Å². The molecule has 1 atom stereocenters. The number of nitrogens with zero attached hydrogens (tertiary/aromatic N) is 3. The first-order valence-electron chi connectivity index (χ1n) is 9.65. The Kier molecular flexibility index (Phi) is 7.90. The van der Waals surface area contributed by atoms with Crippen molar-refractivity contribution in [2.24, 2.45) is 0 Å². The van der Waals surface area contributed by atoms with Crippen molar-refractivity contribution in [1.29, 1.82) is 0 Å². The van der Waals surface area contributed by atoms with Gasteiger partial charge in [0.15, 0.2) is 0 Å². The molecule has 0 radical (unpaired) electrons. The molecule has 1 saturated heterocycles. The predicted octanol–water partition coefficient (Wildman–Crippen LogP) is 2.60. The van der Waals surface area contributed by atoms with Crippen molar-refractivity contribution in [3.05, 3.63) is 11.9 Å². The molecule has 1 aromatic heterocycles. The zero-order chi connectivity index (χ0) is 18.3. The highest BCUT2D eigenvalue weighted by Crippen LogP contribution is 2.24. The van der Waals surface area contributed by atoms with Crippen molar-refractivity contribution in [3.63, 3.8) is 0 Å². The predicted molar refractivity (Wildman–Crippen MR) is 99.2 cm³/mol. The third-order valence-electron chi connectivity index (χ3n) is 5.10. The summed E-state index contributed by atoms with van der Waals surface area (Å²) < 4.78 is 26.7. The molecule has 0 aromatic carbocycles. The molecule has 25 heavy (non-hydrogen) atoms. The zero-order valence-corrected chi connectivity index (χ0v) is 16.5. The lowest BCUT2D eigenvalue weighted by Crippen LogP contribution is -2.39. The molecule has 1 unspecified atom stereocenters. The van der Waals surface area contributed by atoms with Crippen molar-refractivity contribution in [2.45, 2.75) is 83.1 Å². The minimum Gasteiger partial charge on any atom is -0.396 e. The van der Waals surface area contributed by atoms with Gasteiger partial charge in [-0.25, -0.2) is 13.4 Å². The monoisotopic (exact) mass is 371 g/mol. The van der Waals surface area contributed by atoms with Gasteiger partial charge < -0.3 is 9.67 Å². The number of likely N-dealkylation sites (tertiary alicyclic amines) is 1. The topological polar surface area (TPSA) is 75.4 Å². The van der Waals surface area contributed by atoms with Gasteiger partial charge in [-0.2, -0.15) is 0 Å². The van der Waals surface area contributed by atoms with Gasteiger partial charge in [0.2, 0.25) is 15.0 Å². The molecule has 2 heterocycles. The van der Waals surface area contributed by atoms with Crippen LogP contribution in [0.4, 0.5) is 0 Å². The second-order valence-corrected chi connectivity index (χ2v) is 9.10. The standard InChI is InChI=1S/C18H33N3O3S/c1-3-5-12-21-17(14-19-18(21)25(23,24)4-2)15-20-11-7-6-9-16(20)10-8-13-22/h14,16,22H,3-13,15H2,1-2H3. The molecule has 0 aliphatic carbocycles. The van der Waals surface area contributed by atoms with Crippen LogP contribution in [0.3, 0.4) is 0 Å². The van der Waals surface area contributed by atoms with Crippen LogP contribution in [-0.4, -0.2) is 52.9 Å². The van der Waals surface area contributed by atoms with Crippen LogP contribution in [0.5, 0.6) is 0 Å². The van der Waals surface area contributed by atoms with E-state index in [0.717, 1.165) is 50.9 Å². The first-order chi connectivity index (χ1) is 12.0. The smallest absolute Gasteiger partial charge is 0.227 e. The first kappa shape index (κ1) is 20.4. The van der Waals surface area contributed by atoms with E-state index < -0.39 is 9.84 Å². The molecule has 0 saturated carbocycles. The van der Waals surface area contributed by atoms with E-state index in [4.69, 9.17) is 5.11 Å². The van der Waals surface area contributed by atoms with E-state index in [0.29, 0.717) is 12.6 Å². The third kappa shape index (κ3) is 5.28. The Morgan fingerprint density at radius 3 is 2.76 bits per heavy atom. The fourth-order valence-corrected chi connectivity index (χ4v) is 4.60. The van der Waals surface area contributed by atoms with Gasteiger partial charge in [-0.3, -0.25) is 4.90 Å². The number of imidazole rings is 1. The average Bonchev–Trinajstić information content (AvgIpc) is 3.02. The van der Waals surface area contributed by atoms with Crippen molar-refractivity contribution in [1.82, 2.24) is 14.5 Å². The number of aromatic nitrogens is 2. The summed E-state index contributed by atoms with van der Waals surface area (Å²) in [5.41, 5.74) is 0.997. The summed E-state index contributed by atoms with van der Waals surface area (Å²) in [6.07, 6.45) is 9.11. The molecule has 1 aliphatic heterocycles. The highest BCUT2D eigenvalue weighted by Gasteiger charge is 2.26. The van der Waals surface area contributed by atoms with E-state index in [2.05, 4.69) is 16.8 Å². The highest BCUT2D eigenvalue weighted by atomic mass is 32.2. The fraction of sp³-hybridized carbons (Fsp3) is 0.833. The Morgan fingerprint density at radius 2 is 2.08 bits per heavy atom. The maximum atomic E-state index is 12.4. The van der Waals surface area contributed by atoms with Crippen LogP contribution >= 0.6 is 0 Å². The molecule has 6 nitrogen and oxygen atoms in total. The van der Waals surface area contributed by atoms with Gasteiger partial charge in [-0.1, -0.05) is 26.7 Å². The van der Waals surface area contributed by atoms with Crippen LogP contribution in [0.15, 0.2) is 11.4 Å². The van der Waals surface area contributed by atoms with Crippen LogP contribution in [0.25, 0.3) is 0 Å². The summed E-state index contributed by atoms with van der Waals surface area (Å²) >= 11 is 0. The number of unbranched alkanes of at least 4 members (excludes halogenated alkanes) is 1. The maximum absolute atomic E-state index is 12.4. The van der Waals surface area contributed by atoms with Crippen molar-refractivity contribution < 1.29 is 13.5 Å². The summed E-state index contributed by atoms with van der Waals surface area (Å²) in [5, 5.41) is 9.36. The molecule has 0 spiro atoms. The normalized spacial score (nSPS) is 19.4. The van der Waals surface area contributed by atoms with Gasteiger partial charge in [-0.15, -0.1) is 0 Å². The lowest BCUT2D eigenvalue weighted by atomic mass is 9.98. The van der Waals surface area contributed by atoms with Gasteiger partial charge >= 0.3 is 0 Å². The summed E-state index contributed by atoms with van der Waals surface area (Å²) in [7, 11) is -3.31. The molecule has 1 aliphatic rings. The molecule has 7 heteroatoms. The number of aliphatic hydroxyl groups excluding tert-OH is 1. The van der Waals surface area contributed by atoms with Crippen LogP contribution in [0.1, 0.15) is 64.5 Å². The third-order valence-corrected chi connectivity index (χ3v) is 6.75. The number of rotatable bonds is 10. The molecule has 2 rings (SSSR count). The van der Waals surface area contributed by atoms with Crippen LogP contribution in [0.2, 0.25) is 0 Å². The van der Waals surface area contributed by atoms with E-state index in [1.54, 1.807) is 13.1 Å². The van der Waals surface area contributed by atoms with Crippen molar-refractivity contribution >= 4 is 9.84 Å². The van der Waals surface area contributed by atoms with Crippen LogP contribution in [-0.2, 0) is 22.9 Å². The van der Waals surface area contributed by atoms with Crippen molar-refractivity contribution in [2.75, 3.05) is 18.9 Å². The first-order valence-corrected chi connectivity index (χ1v) is 11.3. The van der Waals surface area contributed by atoms with E-state index in [-0.39, 0.29) is 17.5 Å². The van der Waals surface area contributed by atoms with E-state index >= 15 is 0 Å². The minimum atomic E-state index is -3.31. The van der Waals surface area contributed by atoms with Gasteiger partial charge in [-0.05, 0) is 38.6 Å². The average molecular weight is 372 g/mol. The molecule has 1 aromatic rings. The number of piperidine rings is 1. The zero-order valence-electron chi connectivity index (χ0n) is 15.7. The van der Waals surface area contributed by atoms with Gasteiger partial charge in [0.25, 0.3) is 0 Å². The van der Waals surface area contributed by atoms with E-state index in [1.165, 1.54) is 12.8 Å². The van der Waals surface area contributed by atoms with Crippen molar-refractivity contribution in [3.8, 4) is 0 Å². The Labute approximate surface area is 152 Å². The SMILES string of the molecule is CCCCn1c(CN2CCCCC2CCCO)cnc1S(=O)(=O)CC. The molecule has 0 amide bonds. The van der Waals surface area contributed by atoms with Crippen LogP contribution in [0, 0.1) is 0 Å². The summed E-state index contributed by atoms with van der Waals surface area (Å²) in [6, 6.07) is 0.474. The Balaban J connectivity index is 2.22. The molecule has 144 valence electrons. The quantitative estimate of drug-likeness (QED) is 0.684. The molecule has 0 bridgehead atoms. The molecule has 1 fully saturated rings. The molecule has 1 N–H and O–H groups in total. The number of hydrogen-bond donors (Lipinski definition) is 1.